The largest absolute Gasteiger partial charge is 0.371 e. The van der Waals surface area contributed by atoms with Crippen LogP contribution in [0.2, 0.25) is 0 Å². The molecule has 0 N–H and O–H groups in total. The van der Waals surface area contributed by atoms with Crippen LogP contribution < -0.4 is 0 Å². The van der Waals surface area contributed by atoms with Crippen LogP contribution in [0.15, 0.2) is 18.2 Å². The van der Waals surface area contributed by atoms with Gasteiger partial charge in [0.2, 0.25) is 0 Å². The van der Waals surface area contributed by atoms with Gasteiger partial charge in [-0.25, -0.2) is 8.78 Å². The van der Waals surface area contributed by atoms with Crippen LogP contribution in [0.3, 0.4) is 0 Å². The second kappa shape index (κ2) is 7.49. The Morgan fingerprint density at radius 2 is 1.73 bits per heavy atom. The second-order valence-electron chi connectivity index (χ2n) is 6.24. The number of benzene rings is 1. The first-order valence-corrected chi connectivity index (χ1v) is 8.23. The summed E-state index contributed by atoms with van der Waals surface area (Å²) < 4.78 is 32.1. The van der Waals surface area contributed by atoms with E-state index in [-0.39, 0.29) is 6.10 Å². The number of likely N-dealkylation sites (tertiary alicyclic amines) is 1. The van der Waals surface area contributed by atoms with Crippen molar-refractivity contribution in [1.29, 1.82) is 0 Å². The fourth-order valence-corrected chi connectivity index (χ4v) is 3.29. The molecular formula is C17H24F2N2O. The van der Waals surface area contributed by atoms with E-state index in [2.05, 4.69) is 9.80 Å². The van der Waals surface area contributed by atoms with E-state index in [9.17, 15) is 8.78 Å². The van der Waals surface area contributed by atoms with Gasteiger partial charge in [0, 0.05) is 26.2 Å². The standard InChI is InChI=1S/C17H24F2N2O/c18-15-5-4-14(12-16(15)19)17-13-21(10-11-22-17)9-8-20-6-2-1-3-7-20/h4-5,12,17H,1-3,6-11,13H2. The molecule has 22 heavy (non-hydrogen) atoms. The molecule has 5 heteroatoms. The number of ether oxygens (including phenoxy) is 1. The van der Waals surface area contributed by atoms with Crippen molar-refractivity contribution in [1.82, 2.24) is 9.80 Å². The van der Waals surface area contributed by atoms with Crippen molar-refractivity contribution in [2.75, 3.05) is 45.9 Å². The maximum absolute atomic E-state index is 13.4. The SMILES string of the molecule is Fc1ccc(C2CN(CCN3CCCCC3)CCO2)cc1F. The Kier molecular flexibility index (Phi) is 5.39. The third-order valence-electron chi connectivity index (χ3n) is 4.65. The zero-order valence-corrected chi connectivity index (χ0v) is 12.9. The molecule has 0 bridgehead atoms. The molecule has 3 rings (SSSR count). The maximum atomic E-state index is 13.4. The van der Waals surface area contributed by atoms with Crippen LogP contribution >= 0.6 is 0 Å². The molecule has 0 radical (unpaired) electrons. The Labute approximate surface area is 130 Å². The van der Waals surface area contributed by atoms with E-state index in [1.807, 2.05) is 0 Å². The molecule has 2 aliphatic heterocycles. The lowest BCUT2D eigenvalue weighted by atomic mass is 10.1. The molecule has 2 saturated heterocycles. The van der Waals surface area contributed by atoms with Crippen molar-refractivity contribution in [2.24, 2.45) is 0 Å². The highest BCUT2D eigenvalue weighted by Gasteiger charge is 2.23. The monoisotopic (exact) mass is 310 g/mol. The number of hydrogen-bond acceptors (Lipinski definition) is 3. The Morgan fingerprint density at radius 1 is 0.955 bits per heavy atom. The third kappa shape index (κ3) is 4.03. The Balaban J connectivity index is 1.53. The van der Waals surface area contributed by atoms with Gasteiger partial charge in [-0.05, 0) is 43.6 Å². The maximum Gasteiger partial charge on any atom is 0.159 e. The van der Waals surface area contributed by atoms with E-state index < -0.39 is 11.6 Å². The lowest BCUT2D eigenvalue weighted by molar-refractivity contribution is -0.0326. The van der Waals surface area contributed by atoms with Crippen LogP contribution in [0.5, 0.6) is 0 Å². The van der Waals surface area contributed by atoms with Crippen molar-refractivity contribution < 1.29 is 13.5 Å². The topological polar surface area (TPSA) is 15.7 Å². The summed E-state index contributed by atoms with van der Waals surface area (Å²) in [6.07, 6.45) is 3.80. The summed E-state index contributed by atoms with van der Waals surface area (Å²) in [5.41, 5.74) is 0.724. The summed E-state index contributed by atoms with van der Waals surface area (Å²) in [4.78, 5) is 4.88. The van der Waals surface area contributed by atoms with E-state index >= 15 is 0 Å². The zero-order chi connectivity index (χ0) is 15.4. The number of halogens is 2. The predicted octanol–water partition coefficient (Wildman–Crippen LogP) is 2.82. The second-order valence-corrected chi connectivity index (χ2v) is 6.24. The lowest BCUT2D eigenvalue weighted by Crippen LogP contribution is -2.43. The molecule has 2 fully saturated rings. The lowest BCUT2D eigenvalue weighted by Gasteiger charge is -2.35. The number of piperidine rings is 1. The molecule has 0 aromatic heterocycles. The van der Waals surface area contributed by atoms with Gasteiger partial charge >= 0.3 is 0 Å². The van der Waals surface area contributed by atoms with Crippen molar-refractivity contribution in [3.8, 4) is 0 Å². The van der Waals surface area contributed by atoms with Gasteiger partial charge < -0.3 is 9.64 Å². The van der Waals surface area contributed by atoms with E-state index in [1.165, 1.54) is 44.5 Å². The predicted molar refractivity (Wildman–Crippen MR) is 81.8 cm³/mol. The van der Waals surface area contributed by atoms with E-state index in [0.717, 1.165) is 31.7 Å². The number of morpholine rings is 1. The fraction of sp³-hybridized carbons (Fsp3) is 0.647. The number of hydrogen-bond donors (Lipinski definition) is 0. The van der Waals surface area contributed by atoms with Crippen LogP contribution in [0.4, 0.5) is 8.78 Å². The van der Waals surface area contributed by atoms with Crippen molar-refractivity contribution >= 4 is 0 Å². The van der Waals surface area contributed by atoms with Gasteiger partial charge in [0.25, 0.3) is 0 Å². The highest BCUT2D eigenvalue weighted by Crippen LogP contribution is 2.23. The van der Waals surface area contributed by atoms with E-state index in [4.69, 9.17) is 4.74 Å². The van der Waals surface area contributed by atoms with Gasteiger partial charge in [0.15, 0.2) is 11.6 Å². The Bertz CT molecular complexity index is 492. The molecule has 3 nitrogen and oxygen atoms in total. The molecule has 1 unspecified atom stereocenters. The first-order valence-electron chi connectivity index (χ1n) is 8.23. The van der Waals surface area contributed by atoms with Crippen LogP contribution in [0.1, 0.15) is 30.9 Å². The summed E-state index contributed by atoms with van der Waals surface area (Å²) in [6.45, 7) is 6.82. The average Bonchev–Trinajstić information content (AvgIpc) is 2.57. The van der Waals surface area contributed by atoms with Crippen molar-refractivity contribution in [3.63, 3.8) is 0 Å². The highest BCUT2D eigenvalue weighted by atomic mass is 19.2. The highest BCUT2D eigenvalue weighted by molar-refractivity contribution is 5.21. The normalized spacial score (nSPS) is 24.5. The molecule has 0 aliphatic carbocycles. The van der Waals surface area contributed by atoms with Gasteiger partial charge in [-0.2, -0.15) is 0 Å². The summed E-state index contributed by atoms with van der Waals surface area (Å²) in [5.74, 6) is -1.60. The summed E-state index contributed by atoms with van der Waals surface area (Å²) in [5, 5.41) is 0. The van der Waals surface area contributed by atoms with Gasteiger partial charge in [-0.1, -0.05) is 12.5 Å². The third-order valence-corrected chi connectivity index (χ3v) is 4.65. The molecule has 0 saturated carbocycles. The first-order chi connectivity index (χ1) is 10.7. The van der Waals surface area contributed by atoms with E-state index in [0.29, 0.717) is 6.61 Å². The fourth-order valence-electron chi connectivity index (χ4n) is 3.29. The number of rotatable bonds is 4. The molecule has 1 aromatic rings. The molecule has 1 atom stereocenters. The van der Waals surface area contributed by atoms with Crippen LogP contribution in [0.25, 0.3) is 0 Å². The minimum atomic E-state index is -0.804. The Hall–Kier alpha value is -1.04. The summed E-state index contributed by atoms with van der Waals surface area (Å²) in [7, 11) is 0. The van der Waals surface area contributed by atoms with Gasteiger partial charge in [0.1, 0.15) is 0 Å². The zero-order valence-electron chi connectivity index (χ0n) is 12.9. The molecule has 122 valence electrons. The molecular weight excluding hydrogens is 286 g/mol. The van der Waals surface area contributed by atoms with Gasteiger partial charge in [0.05, 0.1) is 12.7 Å². The van der Waals surface area contributed by atoms with E-state index in [1.54, 1.807) is 6.07 Å². The molecule has 1 aromatic carbocycles. The molecule has 2 aliphatic rings. The van der Waals surface area contributed by atoms with Crippen LogP contribution in [0, 0.1) is 11.6 Å². The average molecular weight is 310 g/mol. The van der Waals surface area contributed by atoms with Gasteiger partial charge in [-0.15, -0.1) is 0 Å². The molecule has 0 amide bonds. The molecule has 0 spiro atoms. The van der Waals surface area contributed by atoms with Gasteiger partial charge in [-0.3, -0.25) is 4.90 Å². The minimum Gasteiger partial charge on any atom is -0.371 e. The Morgan fingerprint density at radius 3 is 2.50 bits per heavy atom. The van der Waals surface area contributed by atoms with Crippen molar-refractivity contribution in [2.45, 2.75) is 25.4 Å². The minimum absolute atomic E-state index is 0.162. The smallest absolute Gasteiger partial charge is 0.159 e. The summed E-state index contributed by atoms with van der Waals surface area (Å²) >= 11 is 0. The quantitative estimate of drug-likeness (QED) is 0.850. The molecule has 2 heterocycles. The number of nitrogens with zero attached hydrogens (tertiary/aromatic N) is 2. The van der Waals surface area contributed by atoms with Crippen LogP contribution in [-0.2, 0) is 4.74 Å². The van der Waals surface area contributed by atoms with Crippen molar-refractivity contribution in [3.05, 3.63) is 35.4 Å². The summed E-state index contributed by atoms with van der Waals surface area (Å²) in [6, 6.07) is 4.06. The first kappa shape index (κ1) is 15.8. The van der Waals surface area contributed by atoms with Crippen LogP contribution in [-0.4, -0.2) is 55.7 Å².